The quantitative estimate of drug-likeness (QED) is 0.542. The van der Waals surface area contributed by atoms with Crippen LogP contribution >= 0.6 is 0 Å². The second-order valence-corrected chi connectivity index (χ2v) is 7.20. The summed E-state index contributed by atoms with van der Waals surface area (Å²) < 4.78 is 17.1. The molecule has 2 aromatic carbocycles. The lowest BCUT2D eigenvalue weighted by molar-refractivity contribution is -0.149. The zero-order valence-electron chi connectivity index (χ0n) is 17.8. The number of ether oxygens (including phenoxy) is 2. The van der Waals surface area contributed by atoms with E-state index in [1.54, 1.807) is 6.92 Å². The van der Waals surface area contributed by atoms with Gasteiger partial charge in [-0.05, 0) is 62.6 Å². The van der Waals surface area contributed by atoms with Crippen LogP contribution in [-0.4, -0.2) is 28.8 Å². The SMILES string of the molecule is CCOC(Cc1ccc(OCc2nc(-c3ccccc3C)oc2C)cc1C)C(=O)O. The lowest BCUT2D eigenvalue weighted by atomic mass is 10.0. The summed E-state index contributed by atoms with van der Waals surface area (Å²) in [4.78, 5) is 15.9. The maximum absolute atomic E-state index is 11.3. The third kappa shape index (κ3) is 5.07. The van der Waals surface area contributed by atoms with Gasteiger partial charge >= 0.3 is 5.97 Å². The predicted molar refractivity (Wildman–Crippen MR) is 114 cm³/mol. The molecule has 1 heterocycles. The van der Waals surface area contributed by atoms with E-state index in [0.717, 1.165) is 33.7 Å². The molecule has 158 valence electrons. The number of aryl methyl sites for hydroxylation is 3. The van der Waals surface area contributed by atoms with Crippen molar-refractivity contribution >= 4 is 5.97 Å². The molecule has 0 fully saturated rings. The van der Waals surface area contributed by atoms with Crippen molar-refractivity contribution in [3.05, 3.63) is 70.6 Å². The molecule has 0 bridgehead atoms. The Labute approximate surface area is 176 Å². The average Bonchev–Trinajstić information content (AvgIpc) is 3.08. The summed E-state index contributed by atoms with van der Waals surface area (Å²) in [7, 11) is 0. The maximum Gasteiger partial charge on any atom is 0.333 e. The van der Waals surface area contributed by atoms with E-state index in [1.165, 1.54) is 0 Å². The number of benzene rings is 2. The van der Waals surface area contributed by atoms with Gasteiger partial charge in [0.05, 0.1) is 0 Å². The normalized spacial score (nSPS) is 12.0. The van der Waals surface area contributed by atoms with E-state index < -0.39 is 12.1 Å². The highest BCUT2D eigenvalue weighted by molar-refractivity contribution is 5.72. The maximum atomic E-state index is 11.3. The van der Waals surface area contributed by atoms with Crippen LogP contribution in [0, 0.1) is 20.8 Å². The zero-order chi connectivity index (χ0) is 21.7. The molecule has 1 unspecified atom stereocenters. The van der Waals surface area contributed by atoms with Crippen LogP contribution < -0.4 is 4.74 Å². The first-order valence-electron chi connectivity index (χ1n) is 9.98. The number of aliphatic carboxylic acids is 1. The minimum Gasteiger partial charge on any atom is -0.487 e. The predicted octanol–water partition coefficient (Wildman–Crippen LogP) is 4.88. The summed E-state index contributed by atoms with van der Waals surface area (Å²) in [5.41, 5.74) is 4.69. The van der Waals surface area contributed by atoms with Gasteiger partial charge < -0.3 is 19.0 Å². The van der Waals surface area contributed by atoms with Crippen molar-refractivity contribution in [3.63, 3.8) is 0 Å². The first-order chi connectivity index (χ1) is 14.4. The van der Waals surface area contributed by atoms with Crippen LogP contribution in [0.1, 0.15) is 35.1 Å². The van der Waals surface area contributed by atoms with E-state index in [9.17, 15) is 9.90 Å². The Balaban J connectivity index is 1.69. The van der Waals surface area contributed by atoms with Gasteiger partial charge in [-0.2, -0.15) is 0 Å². The van der Waals surface area contributed by atoms with E-state index in [-0.39, 0.29) is 6.61 Å². The Morgan fingerprint density at radius 1 is 1.13 bits per heavy atom. The molecule has 0 aliphatic rings. The van der Waals surface area contributed by atoms with Crippen molar-refractivity contribution < 1.29 is 23.8 Å². The second-order valence-electron chi connectivity index (χ2n) is 7.20. The number of rotatable bonds is 9. The number of carbonyl (C=O) groups is 1. The molecule has 0 saturated carbocycles. The highest BCUT2D eigenvalue weighted by atomic mass is 16.5. The molecule has 30 heavy (non-hydrogen) atoms. The van der Waals surface area contributed by atoms with Gasteiger partial charge in [-0.3, -0.25) is 0 Å². The molecule has 0 amide bonds. The molecule has 1 N–H and O–H groups in total. The van der Waals surface area contributed by atoms with Crippen LogP contribution in [-0.2, 0) is 22.6 Å². The molecule has 0 spiro atoms. The number of carboxylic acids is 1. The molecular weight excluding hydrogens is 382 g/mol. The summed E-state index contributed by atoms with van der Waals surface area (Å²) in [6.45, 7) is 8.27. The third-order valence-corrected chi connectivity index (χ3v) is 5.01. The van der Waals surface area contributed by atoms with Crippen molar-refractivity contribution in [1.82, 2.24) is 4.98 Å². The van der Waals surface area contributed by atoms with Crippen molar-refractivity contribution in [2.24, 2.45) is 0 Å². The topological polar surface area (TPSA) is 81.8 Å². The standard InChI is InChI=1S/C24H27NO5/c1-5-28-22(24(26)27)13-18-10-11-19(12-16(18)3)29-14-21-17(4)30-23(25-21)20-9-7-6-8-15(20)2/h6-12,22H,5,13-14H2,1-4H3,(H,26,27). The molecular formula is C24H27NO5. The first kappa shape index (κ1) is 21.6. The van der Waals surface area contributed by atoms with Gasteiger partial charge in [0.2, 0.25) is 5.89 Å². The number of nitrogens with zero attached hydrogens (tertiary/aromatic N) is 1. The number of aromatic nitrogens is 1. The van der Waals surface area contributed by atoms with Crippen molar-refractivity contribution in [2.45, 2.75) is 46.8 Å². The number of hydrogen-bond donors (Lipinski definition) is 1. The Hall–Kier alpha value is -3.12. The van der Waals surface area contributed by atoms with Gasteiger partial charge in [0.1, 0.15) is 23.8 Å². The minimum absolute atomic E-state index is 0.288. The van der Waals surface area contributed by atoms with Crippen LogP contribution in [0.5, 0.6) is 5.75 Å². The molecule has 3 aromatic rings. The lowest BCUT2D eigenvalue weighted by Crippen LogP contribution is -2.26. The Bertz CT molecular complexity index is 1020. The first-order valence-corrected chi connectivity index (χ1v) is 9.98. The van der Waals surface area contributed by atoms with Gasteiger partial charge in [-0.1, -0.05) is 24.3 Å². The fourth-order valence-electron chi connectivity index (χ4n) is 3.25. The summed E-state index contributed by atoms with van der Waals surface area (Å²) in [6.07, 6.45) is -0.532. The fraction of sp³-hybridized carbons (Fsp3) is 0.333. The summed E-state index contributed by atoms with van der Waals surface area (Å²) in [5.74, 6) is 1.05. The van der Waals surface area contributed by atoms with E-state index in [1.807, 2.05) is 63.2 Å². The van der Waals surface area contributed by atoms with Gasteiger partial charge in [-0.25, -0.2) is 9.78 Å². The number of carboxylic acid groups (broad SMARTS) is 1. The van der Waals surface area contributed by atoms with Crippen LogP contribution in [0.25, 0.3) is 11.5 Å². The van der Waals surface area contributed by atoms with E-state index in [2.05, 4.69) is 4.98 Å². The van der Waals surface area contributed by atoms with Crippen molar-refractivity contribution in [2.75, 3.05) is 6.61 Å². The van der Waals surface area contributed by atoms with Crippen molar-refractivity contribution in [1.29, 1.82) is 0 Å². The van der Waals surface area contributed by atoms with E-state index in [0.29, 0.717) is 24.7 Å². The van der Waals surface area contributed by atoms with E-state index in [4.69, 9.17) is 13.9 Å². The molecule has 0 aliphatic heterocycles. The van der Waals surface area contributed by atoms with Crippen LogP contribution in [0.2, 0.25) is 0 Å². The Kier molecular flexibility index (Phi) is 6.90. The third-order valence-electron chi connectivity index (χ3n) is 5.01. The molecule has 0 radical (unpaired) electrons. The van der Waals surface area contributed by atoms with Crippen LogP contribution in [0.15, 0.2) is 46.9 Å². The van der Waals surface area contributed by atoms with Gasteiger partial charge in [0.25, 0.3) is 0 Å². The molecule has 1 atom stereocenters. The number of oxazole rings is 1. The Morgan fingerprint density at radius 3 is 2.57 bits per heavy atom. The molecule has 3 rings (SSSR count). The largest absolute Gasteiger partial charge is 0.487 e. The molecule has 6 nitrogen and oxygen atoms in total. The summed E-state index contributed by atoms with van der Waals surface area (Å²) >= 11 is 0. The summed E-state index contributed by atoms with van der Waals surface area (Å²) in [5, 5.41) is 9.28. The fourth-order valence-corrected chi connectivity index (χ4v) is 3.25. The smallest absolute Gasteiger partial charge is 0.333 e. The second kappa shape index (κ2) is 9.59. The molecule has 1 aromatic heterocycles. The number of hydrogen-bond acceptors (Lipinski definition) is 5. The molecule has 0 saturated heterocycles. The van der Waals surface area contributed by atoms with Crippen LogP contribution in [0.3, 0.4) is 0 Å². The molecule has 0 aliphatic carbocycles. The van der Waals surface area contributed by atoms with Crippen LogP contribution in [0.4, 0.5) is 0 Å². The zero-order valence-corrected chi connectivity index (χ0v) is 17.8. The van der Waals surface area contributed by atoms with Crippen molar-refractivity contribution in [3.8, 4) is 17.2 Å². The summed E-state index contributed by atoms with van der Waals surface area (Å²) in [6, 6.07) is 13.6. The average molecular weight is 409 g/mol. The minimum atomic E-state index is -0.956. The molecule has 6 heteroatoms. The monoisotopic (exact) mass is 409 g/mol. The van der Waals surface area contributed by atoms with Gasteiger partial charge in [-0.15, -0.1) is 0 Å². The Morgan fingerprint density at radius 2 is 1.90 bits per heavy atom. The highest BCUT2D eigenvalue weighted by Crippen LogP contribution is 2.26. The van der Waals surface area contributed by atoms with E-state index >= 15 is 0 Å². The highest BCUT2D eigenvalue weighted by Gasteiger charge is 2.19. The van der Waals surface area contributed by atoms with Gasteiger partial charge in [0.15, 0.2) is 6.10 Å². The lowest BCUT2D eigenvalue weighted by Gasteiger charge is -2.15. The van der Waals surface area contributed by atoms with Gasteiger partial charge in [0, 0.05) is 18.6 Å².